The van der Waals surface area contributed by atoms with Gasteiger partial charge in [-0.1, -0.05) is 0 Å². The van der Waals surface area contributed by atoms with Gasteiger partial charge in [-0.25, -0.2) is 4.98 Å². The molecule has 3 rings (SSSR count). The van der Waals surface area contributed by atoms with Gasteiger partial charge in [0.1, 0.15) is 0 Å². The topological polar surface area (TPSA) is 96.5 Å². The summed E-state index contributed by atoms with van der Waals surface area (Å²) in [5.41, 5.74) is 1.89. The third-order valence-electron chi connectivity index (χ3n) is 3.59. The number of ether oxygens (including phenoxy) is 2. The standard InChI is InChI=1S/C16H18N6O2/c1-12-8-18-10-22(12)6-2-5-19-16(20-9-17)21-13-3-4-14-15(7-13)24-11-23-14/h3-4,7-8,10H,2,5-6,11H2,1H3,(H2,19,20,21). The number of benzene rings is 1. The molecule has 1 aliphatic heterocycles. The van der Waals surface area contributed by atoms with Gasteiger partial charge in [0.2, 0.25) is 18.9 Å². The summed E-state index contributed by atoms with van der Waals surface area (Å²) in [4.78, 5) is 7.86. The number of guanidine groups is 1. The van der Waals surface area contributed by atoms with E-state index in [9.17, 15) is 0 Å². The maximum atomic E-state index is 8.84. The minimum absolute atomic E-state index is 0.226. The third-order valence-corrected chi connectivity index (χ3v) is 3.59. The summed E-state index contributed by atoms with van der Waals surface area (Å²) in [5, 5.41) is 15.0. The van der Waals surface area contributed by atoms with Gasteiger partial charge in [0.25, 0.3) is 0 Å². The lowest BCUT2D eigenvalue weighted by Crippen LogP contribution is -2.31. The predicted octanol–water partition coefficient (Wildman–Crippen LogP) is 1.85. The number of hydrogen-bond acceptors (Lipinski definition) is 5. The second-order valence-electron chi connectivity index (χ2n) is 5.26. The molecule has 24 heavy (non-hydrogen) atoms. The van der Waals surface area contributed by atoms with Gasteiger partial charge in [-0.05, 0) is 25.5 Å². The molecule has 2 N–H and O–H groups in total. The van der Waals surface area contributed by atoms with E-state index < -0.39 is 0 Å². The molecule has 0 bridgehead atoms. The minimum Gasteiger partial charge on any atom is -0.454 e. The summed E-state index contributed by atoms with van der Waals surface area (Å²) >= 11 is 0. The van der Waals surface area contributed by atoms with Crippen LogP contribution in [-0.2, 0) is 6.54 Å². The van der Waals surface area contributed by atoms with Crippen molar-refractivity contribution < 1.29 is 9.47 Å². The zero-order valence-electron chi connectivity index (χ0n) is 13.3. The molecular formula is C16H18N6O2. The first-order valence-electron chi connectivity index (χ1n) is 7.60. The highest BCUT2D eigenvalue weighted by atomic mass is 16.7. The summed E-state index contributed by atoms with van der Waals surface area (Å²) < 4.78 is 12.7. The van der Waals surface area contributed by atoms with Crippen molar-refractivity contribution in [3.05, 3.63) is 36.4 Å². The van der Waals surface area contributed by atoms with Gasteiger partial charge in [-0.2, -0.15) is 5.26 Å². The van der Waals surface area contributed by atoms with Gasteiger partial charge in [0, 0.05) is 36.7 Å². The fourth-order valence-corrected chi connectivity index (χ4v) is 2.35. The number of fused-ring (bicyclic) bond motifs is 1. The first-order valence-corrected chi connectivity index (χ1v) is 7.60. The molecular weight excluding hydrogens is 308 g/mol. The molecule has 1 aliphatic rings. The van der Waals surface area contributed by atoms with Crippen LogP contribution < -0.4 is 20.1 Å². The Labute approximate surface area is 139 Å². The molecule has 1 aromatic heterocycles. The van der Waals surface area contributed by atoms with Crippen molar-refractivity contribution >= 4 is 11.6 Å². The molecule has 0 atom stereocenters. The Morgan fingerprint density at radius 3 is 3.08 bits per heavy atom. The molecule has 2 aromatic rings. The average molecular weight is 326 g/mol. The zero-order chi connectivity index (χ0) is 16.8. The van der Waals surface area contributed by atoms with Gasteiger partial charge in [-0.3, -0.25) is 0 Å². The van der Waals surface area contributed by atoms with Gasteiger partial charge < -0.3 is 24.7 Å². The van der Waals surface area contributed by atoms with Gasteiger partial charge in [0.15, 0.2) is 11.5 Å². The van der Waals surface area contributed by atoms with Crippen molar-refractivity contribution in [1.82, 2.24) is 14.9 Å². The van der Waals surface area contributed by atoms with Gasteiger partial charge in [-0.15, -0.1) is 4.99 Å². The largest absolute Gasteiger partial charge is 0.454 e. The fraction of sp³-hybridized carbons (Fsp3) is 0.312. The van der Waals surface area contributed by atoms with Crippen LogP contribution in [0.4, 0.5) is 5.69 Å². The molecule has 0 saturated heterocycles. The van der Waals surface area contributed by atoms with Crippen molar-refractivity contribution in [2.45, 2.75) is 19.9 Å². The number of nitrogens with one attached hydrogen (secondary N) is 2. The summed E-state index contributed by atoms with van der Waals surface area (Å²) in [6.07, 6.45) is 6.32. The average Bonchev–Trinajstić information content (AvgIpc) is 3.20. The van der Waals surface area contributed by atoms with Crippen molar-refractivity contribution in [3.63, 3.8) is 0 Å². The zero-order valence-corrected chi connectivity index (χ0v) is 13.3. The Hall–Kier alpha value is -3.21. The van der Waals surface area contributed by atoms with Crippen LogP contribution in [0, 0.1) is 18.4 Å². The number of nitrogens with zero attached hydrogens (tertiary/aromatic N) is 4. The van der Waals surface area contributed by atoms with Gasteiger partial charge >= 0.3 is 0 Å². The summed E-state index contributed by atoms with van der Waals surface area (Å²) in [6.45, 7) is 3.77. The molecule has 8 nitrogen and oxygen atoms in total. The molecule has 124 valence electrons. The Kier molecular flexibility index (Phi) is 4.81. The number of rotatable bonds is 5. The predicted molar refractivity (Wildman–Crippen MR) is 88.8 cm³/mol. The smallest absolute Gasteiger partial charge is 0.231 e. The molecule has 0 radical (unpaired) electrons. The summed E-state index contributed by atoms with van der Waals surface area (Å²) in [6, 6.07) is 5.47. The number of hydrogen-bond donors (Lipinski definition) is 2. The van der Waals surface area contributed by atoms with Crippen molar-refractivity contribution in [2.75, 3.05) is 18.7 Å². The first kappa shape index (κ1) is 15.7. The molecule has 1 aromatic carbocycles. The van der Waals surface area contributed by atoms with E-state index in [1.165, 1.54) is 0 Å². The third kappa shape index (κ3) is 3.76. The Morgan fingerprint density at radius 2 is 2.29 bits per heavy atom. The second kappa shape index (κ2) is 7.37. The lowest BCUT2D eigenvalue weighted by molar-refractivity contribution is 0.174. The monoisotopic (exact) mass is 326 g/mol. The van der Waals surface area contributed by atoms with E-state index in [-0.39, 0.29) is 6.79 Å². The number of aliphatic imine (C=N–C) groups is 1. The van der Waals surface area contributed by atoms with Crippen LogP contribution in [0.3, 0.4) is 0 Å². The molecule has 0 aliphatic carbocycles. The van der Waals surface area contributed by atoms with E-state index in [2.05, 4.69) is 25.2 Å². The SMILES string of the molecule is Cc1cncn1CCCN/C(=N\C#N)Nc1ccc2c(c1)OCO2. The lowest BCUT2D eigenvalue weighted by atomic mass is 10.3. The molecule has 8 heteroatoms. The van der Waals surface area contributed by atoms with Crippen LogP contribution in [-0.4, -0.2) is 28.8 Å². The molecule has 0 amide bonds. The number of aromatic nitrogens is 2. The van der Waals surface area contributed by atoms with Crippen LogP contribution in [0.5, 0.6) is 11.5 Å². The van der Waals surface area contributed by atoms with Crippen molar-refractivity contribution in [3.8, 4) is 17.7 Å². The number of anilines is 1. The second-order valence-corrected chi connectivity index (χ2v) is 5.26. The molecule has 2 heterocycles. The van der Waals surface area contributed by atoms with E-state index in [1.807, 2.05) is 37.6 Å². The normalized spacial score (nSPS) is 12.8. The molecule has 0 unspecified atom stereocenters. The highest BCUT2D eigenvalue weighted by Crippen LogP contribution is 2.34. The maximum Gasteiger partial charge on any atom is 0.231 e. The highest BCUT2D eigenvalue weighted by Gasteiger charge is 2.13. The van der Waals surface area contributed by atoms with Crippen LogP contribution >= 0.6 is 0 Å². The molecule has 0 fully saturated rings. The van der Waals surface area contributed by atoms with E-state index in [1.54, 1.807) is 6.19 Å². The number of nitriles is 1. The lowest BCUT2D eigenvalue weighted by Gasteiger charge is -2.12. The Morgan fingerprint density at radius 1 is 1.42 bits per heavy atom. The van der Waals surface area contributed by atoms with Crippen LogP contribution in [0.15, 0.2) is 35.7 Å². The van der Waals surface area contributed by atoms with Crippen LogP contribution in [0.25, 0.3) is 0 Å². The Balaban J connectivity index is 1.52. The van der Waals surface area contributed by atoms with Gasteiger partial charge in [0.05, 0.1) is 6.33 Å². The first-order chi connectivity index (χ1) is 11.8. The van der Waals surface area contributed by atoms with E-state index in [4.69, 9.17) is 14.7 Å². The van der Waals surface area contributed by atoms with Crippen molar-refractivity contribution in [1.29, 1.82) is 5.26 Å². The van der Waals surface area contributed by atoms with E-state index >= 15 is 0 Å². The quantitative estimate of drug-likeness (QED) is 0.377. The van der Waals surface area contributed by atoms with E-state index in [0.717, 1.165) is 24.3 Å². The summed E-state index contributed by atoms with van der Waals surface area (Å²) in [7, 11) is 0. The number of aryl methyl sites for hydroxylation is 2. The summed E-state index contributed by atoms with van der Waals surface area (Å²) in [5.74, 6) is 1.79. The Bertz CT molecular complexity index is 777. The molecule has 0 spiro atoms. The van der Waals surface area contributed by atoms with E-state index in [0.29, 0.717) is 24.0 Å². The molecule has 0 saturated carbocycles. The van der Waals surface area contributed by atoms with Crippen molar-refractivity contribution in [2.24, 2.45) is 4.99 Å². The number of imidazole rings is 1. The maximum absolute atomic E-state index is 8.84. The van der Waals surface area contributed by atoms with Crippen LogP contribution in [0.1, 0.15) is 12.1 Å². The highest BCUT2D eigenvalue weighted by molar-refractivity contribution is 5.94. The minimum atomic E-state index is 0.226. The fourth-order valence-electron chi connectivity index (χ4n) is 2.35. The van der Waals surface area contributed by atoms with Crippen LogP contribution in [0.2, 0.25) is 0 Å².